The third kappa shape index (κ3) is 7.88. The number of carbonyl (C=O) groups is 2. The minimum absolute atomic E-state index is 0.0360. The first kappa shape index (κ1) is 16.1. The largest absolute Gasteiger partial charge is 0.463 e. The summed E-state index contributed by atoms with van der Waals surface area (Å²) in [5.41, 5.74) is -0.453. The molecule has 0 heterocycles. The van der Waals surface area contributed by atoms with E-state index in [1.54, 1.807) is 0 Å². The van der Waals surface area contributed by atoms with Crippen LogP contribution in [0.1, 0.15) is 34.1 Å². The van der Waals surface area contributed by atoms with Gasteiger partial charge in [0.2, 0.25) is 0 Å². The van der Waals surface area contributed by atoms with Gasteiger partial charge in [-0.1, -0.05) is 6.92 Å². The molecule has 0 rings (SSSR count). The molecule has 5 nitrogen and oxygen atoms in total. The summed E-state index contributed by atoms with van der Waals surface area (Å²) in [6, 6.07) is 0. The number of carbonyl (C=O) groups excluding carboxylic acids is 2. The zero-order valence-corrected chi connectivity index (χ0v) is 11.1. The van der Waals surface area contributed by atoms with E-state index < -0.39 is 5.41 Å². The van der Waals surface area contributed by atoms with Crippen molar-refractivity contribution in [3.8, 4) is 0 Å². The molecule has 0 aromatic rings. The number of esters is 1. The van der Waals surface area contributed by atoms with Crippen LogP contribution in [0.3, 0.4) is 0 Å². The first-order chi connectivity index (χ1) is 7.90. The normalized spacial score (nSPS) is 11.3. The van der Waals surface area contributed by atoms with E-state index in [0.29, 0.717) is 0 Å². The van der Waals surface area contributed by atoms with E-state index in [0.717, 1.165) is 6.42 Å². The van der Waals surface area contributed by atoms with Crippen LogP contribution in [-0.2, 0) is 23.8 Å². The smallest absolute Gasteiger partial charge is 0.311 e. The van der Waals surface area contributed by atoms with Gasteiger partial charge in [0, 0.05) is 0 Å². The Morgan fingerprint density at radius 3 is 2.29 bits per heavy atom. The molecule has 0 aliphatic carbocycles. The quantitative estimate of drug-likeness (QED) is 0.351. The molecule has 0 radical (unpaired) electrons. The number of hydrogen-bond donors (Lipinski definition) is 0. The molecule has 0 aliphatic heterocycles. The van der Waals surface area contributed by atoms with Gasteiger partial charge in [-0.15, -0.1) is 0 Å². The van der Waals surface area contributed by atoms with Gasteiger partial charge in [-0.2, -0.15) is 0 Å². The minimum atomic E-state index is -0.453. The average molecular weight is 246 g/mol. The Morgan fingerprint density at radius 2 is 1.76 bits per heavy atom. The van der Waals surface area contributed by atoms with Crippen LogP contribution in [0, 0.1) is 5.41 Å². The Morgan fingerprint density at radius 1 is 1.12 bits per heavy atom. The Balaban J connectivity index is 3.46. The van der Waals surface area contributed by atoms with Crippen LogP contribution in [0.25, 0.3) is 0 Å². The monoisotopic (exact) mass is 246 g/mol. The van der Waals surface area contributed by atoms with Crippen molar-refractivity contribution in [2.24, 2.45) is 5.41 Å². The molecule has 0 bridgehead atoms. The van der Waals surface area contributed by atoms with Crippen molar-refractivity contribution in [3.05, 3.63) is 0 Å². The molecule has 0 fully saturated rings. The summed E-state index contributed by atoms with van der Waals surface area (Å²) in [5, 5.41) is 0. The van der Waals surface area contributed by atoms with Crippen LogP contribution >= 0.6 is 0 Å². The molecule has 0 aliphatic rings. The van der Waals surface area contributed by atoms with Crippen LogP contribution in [-0.4, -0.2) is 38.4 Å². The Labute approximate surface area is 102 Å². The van der Waals surface area contributed by atoms with Crippen molar-refractivity contribution in [1.82, 2.24) is 0 Å². The molecule has 0 aromatic heterocycles. The van der Waals surface area contributed by atoms with Crippen molar-refractivity contribution in [1.29, 1.82) is 0 Å². The van der Waals surface area contributed by atoms with Crippen LogP contribution in [0.4, 0.5) is 0 Å². The zero-order valence-electron chi connectivity index (χ0n) is 11.1. The summed E-state index contributed by atoms with van der Waals surface area (Å²) < 4.78 is 14.9. The minimum Gasteiger partial charge on any atom is -0.463 e. The van der Waals surface area contributed by atoms with Crippen LogP contribution in [0.5, 0.6) is 0 Å². The van der Waals surface area contributed by atoms with Gasteiger partial charge < -0.3 is 14.2 Å². The Bertz CT molecular complexity index is 247. The lowest BCUT2D eigenvalue weighted by atomic mass is 9.91. The summed E-state index contributed by atoms with van der Waals surface area (Å²) in [4.78, 5) is 22.0. The lowest BCUT2D eigenvalue weighted by molar-refractivity contribution is -0.157. The van der Waals surface area contributed by atoms with E-state index in [1.807, 2.05) is 20.8 Å². The topological polar surface area (TPSA) is 61.8 Å². The maximum atomic E-state index is 11.5. The molecule has 100 valence electrons. The first-order valence-corrected chi connectivity index (χ1v) is 5.72. The van der Waals surface area contributed by atoms with Gasteiger partial charge >= 0.3 is 5.97 Å². The highest BCUT2D eigenvalue weighted by molar-refractivity contribution is 5.76. The van der Waals surface area contributed by atoms with Crippen molar-refractivity contribution < 1.29 is 23.8 Å². The van der Waals surface area contributed by atoms with E-state index in [2.05, 4.69) is 0 Å². The summed E-state index contributed by atoms with van der Waals surface area (Å²) >= 11 is 0. The molecule has 0 N–H and O–H groups in total. The predicted molar refractivity (Wildman–Crippen MR) is 62.5 cm³/mol. The highest BCUT2D eigenvalue weighted by atomic mass is 16.7. The molecule has 0 unspecified atom stereocenters. The maximum Gasteiger partial charge on any atom is 0.311 e. The fraction of sp³-hybridized carbons (Fsp3) is 0.833. The molecular formula is C12H22O5. The SMILES string of the molecule is CCC(C)(C)C(=O)OCCOCOCC(C)=O. The lowest BCUT2D eigenvalue weighted by Crippen LogP contribution is -2.27. The molecule has 0 atom stereocenters. The molecular weight excluding hydrogens is 224 g/mol. The van der Waals surface area contributed by atoms with Crippen molar-refractivity contribution in [2.45, 2.75) is 34.1 Å². The standard InChI is InChI=1S/C12H22O5/c1-5-12(3,4)11(14)17-7-6-15-9-16-8-10(2)13/h5-9H2,1-4H3. The van der Waals surface area contributed by atoms with E-state index in [-0.39, 0.29) is 38.4 Å². The fourth-order valence-corrected chi connectivity index (χ4v) is 0.836. The highest BCUT2D eigenvalue weighted by Crippen LogP contribution is 2.21. The molecule has 0 saturated heterocycles. The predicted octanol–water partition coefficient (Wildman–Crippen LogP) is 1.55. The lowest BCUT2D eigenvalue weighted by Gasteiger charge is -2.20. The zero-order chi connectivity index (χ0) is 13.3. The summed E-state index contributed by atoms with van der Waals surface area (Å²) in [7, 11) is 0. The van der Waals surface area contributed by atoms with Crippen LogP contribution < -0.4 is 0 Å². The molecule has 5 heteroatoms. The highest BCUT2D eigenvalue weighted by Gasteiger charge is 2.26. The third-order valence-corrected chi connectivity index (χ3v) is 2.37. The van der Waals surface area contributed by atoms with Gasteiger partial charge in [0.15, 0.2) is 5.78 Å². The number of ether oxygens (including phenoxy) is 3. The summed E-state index contributed by atoms with van der Waals surface area (Å²) in [5.74, 6) is -0.280. The van der Waals surface area contributed by atoms with Crippen molar-refractivity contribution in [2.75, 3.05) is 26.6 Å². The van der Waals surface area contributed by atoms with Crippen LogP contribution in [0.15, 0.2) is 0 Å². The fourth-order valence-electron chi connectivity index (χ4n) is 0.836. The van der Waals surface area contributed by atoms with Gasteiger partial charge in [0.05, 0.1) is 12.0 Å². The molecule has 17 heavy (non-hydrogen) atoms. The van der Waals surface area contributed by atoms with Crippen molar-refractivity contribution >= 4 is 11.8 Å². The van der Waals surface area contributed by atoms with E-state index >= 15 is 0 Å². The van der Waals surface area contributed by atoms with E-state index in [1.165, 1.54) is 6.92 Å². The second kappa shape index (κ2) is 8.20. The van der Waals surface area contributed by atoms with Crippen molar-refractivity contribution in [3.63, 3.8) is 0 Å². The third-order valence-electron chi connectivity index (χ3n) is 2.37. The van der Waals surface area contributed by atoms with Gasteiger partial charge in [-0.05, 0) is 27.2 Å². The summed E-state index contributed by atoms with van der Waals surface area (Å²) in [6.07, 6.45) is 0.731. The second-order valence-corrected chi connectivity index (χ2v) is 4.45. The number of Topliss-reactive ketones (excluding diaryl/α,β-unsaturated/α-hetero) is 1. The maximum absolute atomic E-state index is 11.5. The summed E-state index contributed by atoms with van der Waals surface area (Å²) in [6.45, 7) is 7.60. The van der Waals surface area contributed by atoms with Gasteiger partial charge in [0.1, 0.15) is 20.0 Å². The van der Waals surface area contributed by atoms with Gasteiger partial charge in [-0.25, -0.2) is 0 Å². The number of hydrogen-bond acceptors (Lipinski definition) is 5. The van der Waals surface area contributed by atoms with Gasteiger partial charge in [-0.3, -0.25) is 9.59 Å². The van der Waals surface area contributed by atoms with E-state index in [9.17, 15) is 9.59 Å². The van der Waals surface area contributed by atoms with Crippen LogP contribution in [0.2, 0.25) is 0 Å². The Kier molecular flexibility index (Phi) is 7.74. The molecule has 0 spiro atoms. The van der Waals surface area contributed by atoms with Gasteiger partial charge in [0.25, 0.3) is 0 Å². The first-order valence-electron chi connectivity index (χ1n) is 5.72. The molecule has 0 aromatic carbocycles. The second-order valence-electron chi connectivity index (χ2n) is 4.45. The average Bonchev–Trinajstić information content (AvgIpc) is 2.27. The molecule has 0 amide bonds. The molecule has 0 saturated carbocycles. The van der Waals surface area contributed by atoms with E-state index in [4.69, 9.17) is 14.2 Å². The Hall–Kier alpha value is -0.940. The number of rotatable bonds is 9. The number of ketones is 1.